The van der Waals surface area contributed by atoms with Gasteiger partial charge in [-0.05, 0) is 84.4 Å². The van der Waals surface area contributed by atoms with Crippen LogP contribution < -0.4 is 5.32 Å². The summed E-state index contributed by atoms with van der Waals surface area (Å²) in [6.45, 7) is 5.95. The van der Waals surface area contributed by atoms with Gasteiger partial charge in [-0.3, -0.25) is 14.6 Å². The van der Waals surface area contributed by atoms with Gasteiger partial charge in [0.25, 0.3) is 0 Å². The normalized spacial score (nSPS) is 14.2. The number of pyridine rings is 1. The van der Waals surface area contributed by atoms with E-state index in [1.54, 1.807) is 13.0 Å². The molecule has 32 heavy (non-hydrogen) atoms. The van der Waals surface area contributed by atoms with Crippen molar-refractivity contribution < 1.29 is 19.4 Å². The van der Waals surface area contributed by atoms with Gasteiger partial charge in [0.2, 0.25) is 5.91 Å². The number of carbonyl (C=O) groups is 2. The summed E-state index contributed by atoms with van der Waals surface area (Å²) in [6, 6.07) is 5.54. The Morgan fingerprint density at radius 3 is 2.62 bits per heavy atom. The summed E-state index contributed by atoms with van der Waals surface area (Å²) in [5, 5.41) is 13.2. The predicted molar refractivity (Wildman–Crippen MR) is 128 cm³/mol. The maximum absolute atomic E-state index is 12.2. The van der Waals surface area contributed by atoms with E-state index in [0.29, 0.717) is 18.0 Å². The molecule has 0 saturated heterocycles. The van der Waals surface area contributed by atoms with Crippen LogP contribution in [0, 0.1) is 13.8 Å². The van der Waals surface area contributed by atoms with Gasteiger partial charge in [-0.2, -0.15) is 0 Å². The number of anilines is 1. The number of aromatic hydroxyl groups is 1. The number of aromatic nitrogens is 1. The van der Waals surface area contributed by atoms with Crippen molar-refractivity contribution in [3.05, 3.63) is 50.8 Å². The summed E-state index contributed by atoms with van der Waals surface area (Å²) in [7, 11) is 0. The van der Waals surface area contributed by atoms with E-state index in [0.717, 1.165) is 45.4 Å². The van der Waals surface area contributed by atoms with Gasteiger partial charge < -0.3 is 15.2 Å². The Bertz CT molecular complexity index is 1000. The number of nitrogens with one attached hydrogen (secondary N) is 1. The zero-order valence-corrected chi connectivity index (χ0v) is 20.5. The number of hydrogen-bond donors (Lipinski definition) is 2. The first-order valence-corrected chi connectivity index (χ1v) is 12.0. The highest BCUT2D eigenvalue weighted by molar-refractivity contribution is 9.10. The summed E-state index contributed by atoms with van der Waals surface area (Å²) >= 11 is 3.60. The molecule has 0 unspecified atom stereocenters. The number of carbonyl (C=O) groups excluding carboxylic acids is 2. The quantitative estimate of drug-likeness (QED) is 0.374. The van der Waals surface area contributed by atoms with E-state index in [-0.39, 0.29) is 18.8 Å². The lowest BCUT2D eigenvalue weighted by molar-refractivity contribution is -0.145. The first-order valence-electron chi connectivity index (χ1n) is 11.2. The number of ether oxygens (including phenoxy) is 1. The Balaban J connectivity index is 1.80. The fourth-order valence-electron chi connectivity index (χ4n) is 4.36. The minimum atomic E-state index is -0.543. The highest BCUT2D eigenvalue weighted by Gasteiger charge is 2.21. The molecule has 3 rings (SSSR count). The molecule has 0 aliphatic heterocycles. The second-order valence-corrected chi connectivity index (χ2v) is 9.20. The van der Waals surface area contributed by atoms with Crippen LogP contribution in [0.15, 0.2) is 22.7 Å². The van der Waals surface area contributed by atoms with Crippen LogP contribution in [0.3, 0.4) is 0 Å². The first-order chi connectivity index (χ1) is 15.3. The molecule has 1 aliphatic rings. The standard InChI is InChI=1S/C25H31BrN2O4/c1-4-32-23(31)14-22(30)28-20-12-15(2)19(16(3)24(20)26)13-18-10-11-21(29)25(27-18)17-8-6-5-7-9-17/h10-12,17,29H,4-9,13-14H2,1-3H3,(H,28,30). The van der Waals surface area contributed by atoms with Crippen LogP contribution in [-0.2, 0) is 20.7 Å². The third-order valence-corrected chi connectivity index (χ3v) is 7.07. The molecule has 0 radical (unpaired) electrons. The van der Waals surface area contributed by atoms with Crippen molar-refractivity contribution in [1.82, 2.24) is 4.98 Å². The number of rotatable bonds is 7. The summed E-state index contributed by atoms with van der Waals surface area (Å²) in [5.41, 5.74) is 5.50. The van der Waals surface area contributed by atoms with Gasteiger partial charge in [0.1, 0.15) is 12.2 Å². The number of aryl methyl sites for hydroxylation is 1. The number of benzene rings is 1. The van der Waals surface area contributed by atoms with Crippen molar-refractivity contribution in [2.45, 2.75) is 71.6 Å². The molecule has 1 amide bonds. The van der Waals surface area contributed by atoms with Gasteiger partial charge >= 0.3 is 5.97 Å². The third-order valence-electron chi connectivity index (χ3n) is 6.05. The molecule has 0 spiro atoms. The fraction of sp³-hybridized carbons (Fsp3) is 0.480. The highest BCUT2D eigenvalue weighted by Crippen LogP contribution is 2.37. The molecule has 1 aromatic heterocycles. The summed E-state index contributed by atoms with van der Waals surface area (Å²) in [5.74, 6) is -0.337. The van der Waals surface area contributed by atoms with Crippen molar-refractivity contribution in [3.8, 4) is 5.75 Å². The van der Waals surface area contributed by atoms with Gasteiger partial charge in [-0.15, -0.1) is 0 Å². The lowest BCUT2D eigenvalue weighted by atomic mass is 9.86. The second-order valence-electron chi connectivity index (χ2n) is 8.41. The lowest BCUT2D eigenvalue weighted by Gasteiger charge is -2.22. The van der Waals surface area contributed by atoms with E-state index in [2.05, 4.69) is 21.2 Å². The van der Waals surface area contributed by atoms with E-state index in [9.17, 15) is 14.7 Å². The summed E-state index contributed by atoms with van der Waals surface area (Å²) in [4.78, 5) is 28.6. The van der Waals surface area contributed by atoms with Gasteiger partial charge in [0, 0.05) is 22.5 Å². The molecule has 6 nitrogen and oxygen atoms in total. The second kappa shape index (κ2) is 10.9. The molecule has 1 heterocycles. The average Bonchev–Trinajstić information content (AvgIpc) is 2.76. The summed E-state index contributed by atoms with van der Waals surface area (Å²) < 4.78 is 5.62. The van der Waals surface area contributed by atoms with Gasteiger partial charge in [0.05, 0.1) is 18.0 Å². The maximum Gasteiger partial charge on any atom is 0.315 e. The van der Waals surface area contributed by atoms with Crippen molar-refractivity contribution >= 4 is 33.5 Å². The molecule has 172 valence electrons. The molecule has 1 saturated carbocycles. The minimum absolute atomic E-state index is 0.247. The largest absolute Gasteiger partial charge is 0.506 e. The third kappa shape index (κ3) is 5.88. The first kappa shape index (κ1) is 24.2. The highest BCUT2D eigenvalue weighted by atomic mass is 79.9. The van der Waals surface area contributed by atoms with E-state index >= 15 is 0 Å². The van der Waals surface area contributed by atoms with Crippen LogP contribution >= 0.6 is 15.9 Å². The van der Waals surface area contributed by atoms with Crippen molar-refractivity contribution in [2.75, 3.05) is 11.9 Å². The number of hydrogen-bond acceptors (Lipinski definition) is 5. The van der Waals surface area contributed by atoms with Crippen LogP contribution in [0.1, 0.15) is 79.4 Å². The van der Waals surface area contributed by atoms with E-state index in [1.165, 1.54) is 19.3 Å². The molecule has 7 heteroatoms. The predicted octanol–water partition coefficient (Wildman–Crippen LogP) is 5.70. The SMILES string of the molecule is CCOC(=O)CC(=O)Nc1cc(C)c(Cc2ccc(O)c(C3CCCCC3)n2)c(C)c1Br. The van der Waals surface area contributed by atoms with Crippen LogP contribution in [0.25, 0.3) is 0 Å². The molecule has 1 aliphatic carbocycles. The molecule has 1 aromatic carbocycles. The Morgan fingerprint density at radius 2 is 1.94 bits per heavy atom. The minimum Gasteiger partial charge on any atom is -0.506 e. The molecule has 2 aromatic rings. The zero-order chi connectivity index (χ0) is 23.3. The molecule has 2 N–H and O–H groups in total. The molecule has 0 atom stereocenters. The van der Waals surface area contributed by atoms with E-state index < -0.39 is 11.9 Å². The monoisotopic (exact) mass is 502 g/mol. The maximum atomic E-state index is 12.2. The molecule has 0 bridgehead atoms. The Labute approximate surface area is 197 Å². The average molecular weight is 503 g/mol. The topological polar surface area (TPSA) is 88.5 Å². The van der Waals surface area contributed by atoms with Crippen LogP contribution in [0.5, 0.6) is 5.75 Å². The number of esters is 1. The van der Waals surface area contributed by atoms with Crippen molar-refractivity contribution in [3.63, 3.8) is 0 Å². The number of amides is 1. The summed E-state index contributed by atoms with van der Waals surface area (Å²) in [6.07, 6.45) is 6.09. The molecular weight excluding hydrogens is 472 g/mol. The Morgan fingerprint density at radius 1 is 1.22 bits per heavy atom. The van der Waals surface area contributed by atoms with E-state index in [1.807, 2.05) is 26.0 Å². The Hall–Kier alpha value is -2.41. The molecular formula is C25H31BrN2O4. The van der Waals surface area contributed by atoms with Crippen LogP contribution in [0.4, 0.5) is 5.69 Å². The fourth-order valence-corrected chi connectivity index (χ4v) is 4.82. The molecule has 1 fully saturated rings. The Kier molecular flexibility index (Phi) is 8.29. The smallest absolute Gasteiger partial charge is 0.315 e. The van der Waals surface area contributed by atoms with Crippen molar-refractivity contribution in [2.24, 2.45) is 0 Å². The van der Waals surface area contributed by atoms with Gasteiger partial charge in [-0.1, -0.05) is 19.3 Å². The van der Waals surface area contributed by atoms with Crippen LogP contribution in [0.2, 0.25) is 0 Å². The van der Waals surface area contributed by atoms with Crippen molar-refractivity contribution in [1.29, 1.82) is 0 Å². The van der Waals surface area contributed by atoms with Gasteiger partial charge in [-0.25, -0.2) is 0 Å². The van der Waals surface area contributed by atoms with Crippen LogP contribution in [-0.4, -0.2) is 28.6 Å². The van der Waals surface area contributed by atoms with E-state index in [4.69, 9.17) is 9.72 Å². The van der Waals surface area contributed by atoms with Gasteiger partial charge in [0.15, 0.2) is 0 Å². The zero-order valence-electron chi connectivity index (χ0n) is 19.0. The number of halogens is 1. The lowest BCUT2D eigenvalue weighted by Crippen LogP contribution is -2.19. The number of nitrogens with zero attached hydrogens (tertiary/aromatic N) is 1.